The number of carbonyl (C=O) groups is 2. The van der Waals surface area contributed by atoms with Gasteiger partial charge in [0, 0.05) is 12.6 Å². The van der Waals surface area contributed by atoms with Crippen LogP contribution in [0.5, 0.6) is 0 Å². The number of alkyl halides is 3. The average Bonchev–Trinajstić information content (AvgIpc) is 3.19. The molecule has 0 fully saturated rings. The first-order valence-electron chi connectivity index (χ1n) is 12.9. The predicted molar refractivity (Wildman–Crippen MR) is 151 cm³/mol. The molecule has 206 valence electrons. The number of nitrogens with zero attached hydrogens (tertiary/aromatic N) is 1. The van der Waals surface area contributed by atoms with Crippen molar-refractivity contribution >= 4 is 18.1 Å². The van der Waals surface area contributed by atoms with Crippen molar-refractivity contribution in [3.63, 3.8) is 0 Å². The number of allylic oxidation sites excluding steroid dienone is 1. The zero-order chi connectivity index (χ0) is 29.0. The Morgan fingerprint density at radius 2 is 1.44 bits per heavy atom. The number of hydrogen-bond acceptors (Lipinski definition) is 3. The SMILES string of the molecule is O=C(N[C@@H](Cc1ccc(-c2ccccc2)cc1)C(=O)O)C1=CCc2ccc(-c3ccc(C(F)(F)F)cc3)cc2C=N1. The highest BCUT2D eigenvalue weighted by atomic mass is 19.4. The van der Waals surface area contributed by atoms with Gasteiger partial charge in [0.15, 0.2) is 0 Å². The summed E-state index contributed by atoms with van der Waals surface area (Å²) >= 11 is 0. The van der Waals surface area contributed by atoms with Crippen LogP contribution in [0.15, 0.2) is 114 Å². The number of benzene rings is 4. The van der Waals surface area contributed by atoms with E-state index in [0.29, 0.717) is 17.5 Å². The first-order chi connectivity index (χ1) is 19.7. The van der Waals surface area contributed by atoms with E-state index in [1.54, 1.807) is 18.2 Å². The molecule has 2 N–H and O–H groups in total. The Hall–Kier alpha value is -4.98. The van der Waals surface area contributed by atoms with Crippen LogP contribution in [-0.2, 0) is 28.6 Å². The van der Waals surface area contributed by atoms with E-state index in [2.05, 4.69) is 10.3 Å². The predicted octanol–water partition coefficient (Wildman–Crippen LogP) is 6.71. The third kappa shape index (κ3) is 6.61. The van der Waals surface area contributed by atoms with Crippen LogP contribution >= 0.6 is 0 Å². The van der Waals surface area contributed by atoms with E-state index in [1.807, 2.05) is 60.7 Å². The van der Waals surface area contributed by atoms with Crippen LogP contribution in [0, 0.1) is 0 Å². The summed E-state index contributed by atoms with van der Waals surface area (Å²) in [5.74, 6) is -1.77. The first-order valence-corrected chi connectivity index (χ1v) is 12.9. The van der Waals surface area contributed by atoms with Crippen LogP contribution in [0.3, 0.4) is 0 Å². The van der Waals surface area contributed by atoms with Crippen molar-refractivity contribution in [2.45, 2.75) is 25.1 Å². The Balaban J connectivity index is 1.26. The second-order valence-electron chi connectivity index (χ2n) is 9.67. The number of carboxylic acids is 1. The van der Waals surface area contributed by atoms with E-state index in [9.17, 15) is 27.9 Å². The molecule has 5 nitrogen and oxygen atoms in total. The lowest BCUT2D eigenvalue weighted by Crippen LogP contribution is -2.42. The second kappa shape index (κ2) is 11.6. The number of amides is 1. The summed E-state index contributed by atoms with van der Waals surface area (Å²) in [6.45, 7) is 0. The van der Waals surface area contributed by atoms with Gasteiger partial charge in [-0.2, -0.15) is 13.2 Å². The summed E-state index contributed by atoms with van der Waals surface area (Å²) in [7, 11) is 0. The van der Waals surface area contributed by atoms with E-state index in [4.69, 9.17) is 0 Å². The number of carbonyl (C=O) groups excluding carboxylic acids is 1. The van der Waals surface area contributed by atoms with Gasteiger partial charge in [0.05, 0.1) is 5.56 Å². The van der Waals surface area contributed by atoms with Crippen molar-refractivity contribution in [2.24, 2.45) is 4.99 Å². The Morgan fingerprint density at radius 3 is 2.10 bits per heavy atom. The molecule has 4 aromatic carbocycles. The number of hydrogen-bond donors (Lipinski definition) is 2. The molecule has 0 aromatic heterocycles. The minimum absolute atomic E-state index is 0.0861. The van der Waals surface area contributed by atoms with E-state index >= 15 is 0 Å². The molecule has 0 radical (unpaired) electrons. The zero-order valence-corrected chi connectivity index (χ0v) is 21.7. The molecular formula is C33H25F3N2O3. The van der Waals surface area contributed by atoms with Gasteiger partial charge in [-0.15, -0.1) is 0 Å². The highest BCUT2D eigenvalue weighted by Gasteiger charge is 2.30. The fourth-order valence-electron chi connectivity index (χ4n) is 4.61. The fourth-order valence-corrected chi connectivity index (χ4v) is 4.61. The van der Waals surface area contributed by atoms with Crippen molar-refractivity contribution in [1.82, 2.24) is 5.32 Å². The number of fused-ring (bicyclic) bond motifs is 1. The molecule has 0 saturated carbocycles. The third-order valence-corrected chi connectivity index (χ3v) is 6.89. The molecule has 5 rings (SSSR count). The van der Waals surface area contributed by atoms with E-state index in [-0.39, 0.29) is 12.1 Å². The summed E-state index contributed by atoms with van der Waals surface area (Å²) in [5.41, 5.74) is 5.10. The van der Waals surface area contributed by atoms with Crippen LogP contribution in [0.25, 0.3) is 22.3 Å². The second-order valence-corrected chi connectivity index (χ2v) is 9.67. The van der Waals surface area contributed by atoms with Crippen LogP contribution in [-0.4, -0.2) is 29.2 Å². The molecule has 0 aliphatic carbocycles. The van der Waals surface area contributed by atoms with Crippen molar-refractivity contribution in [3.8, 4) is 22.3 Å². The van der Waals surface area contributed by atoms with Gasteiger partial charge >= 0.3 is 12.1 Å². The maximum absolute atomic E-state index is 13.0. The van der Waals surface area contributed by atoms with Gasteiger partial charge in [0.1, 0.15) is 11.7 Å². The van der Waals surface area contributed by atoms with E-state index in [0.717, 1.165) is 39.9 Å². The third-order valence-electron chi connectivity index (χ3n) is 6.89. The number of aliphatic imine (C=N–C) groups is 1. The largest absolute Gasteiger partial charge is 0.480 e. The van der Waals surface area contributed by atoms with Gasteiger partial charge in [-0.1, -0.05) is 78.9 Å². The van der Waals surface area contributed by atoms with E-state index in [1.165, 1.54) is 18.3 Å². The van der Waals surface area contributed by atoms with Crippen molar-refractivity contribution in [3.05, 3.63) is 131 Å². The fraction of sp³-hybridized carbons (Fsp3) is 0.121. The standard InChI is InChI=1S/C33H25F3N2O3/c34-33(35,36)28-15-12-24(13-16-28)26-11-10-25-14-17-29(37-20-27(25)19-26)31(39)38-30(32(40)41)18-21-6-8-23(9-7-21)22-4-2-1-3-5-22/h1-13,15-17,19-20,30H,14,18H2,(H,38,39)(H,40,41)/t30-/m0/s1. The maximum atomic E-state index is 13.0. The lowest BCUT2D eigenvalue weighted by molar-refractivity contribution is -0.141. The van der Waals surface area contributed by atoms with Crippen molar-refractivity contribution in [2.75, 3.05) is 0 Å². The number of nitrogens with one attached hydrogen (secondary N) is 1. The number of rotatable bonds is 7. The maximum Gasteiger partial charge on any atom is 0.416 e. The number of halogens is 3. The molecule has 1 amide bonds. The number of carboxylic acid groups (broad SMARTS) is 1. The van der Waals surface area contributed by atoms with Gasteiger partial charge < -0.3 is 10.4 Å². The molecule has 0 spiro atoms. The summed E-state index contributed by atoms with van der Waals surface area (Å²) in [6, 6.07) is 26.5. The minimum atomic E-state index is -4.41. The highest BCUT2D eigenvalue weighted by Crippen LogP contribution is 2.31. The smallest absolute Gasteiger partial charge is 0.416 e. The van der Waals surface area contributed by atoms with Crippen LogP contribution in [0.4, 0.5) is 13.2 Å². The molecule has 0 bridgehead atoms. The van der Waals surface area contributed by atoms with Crippen LogP contribution in [0.1, 0.15) is 22.3 Å². The molecule has 8 heteroatoms. The quantitative estimate of drug-likeness (QED) is 0.267. The van der Waals surface area contributed by atoms with E-state index < -0.39 is 29.7 Å². The van der Waals surface area contributed by atoms with Gasteiger partial charge in [-0.05, 0) is 69.6 Å². The molecule has 41 heavy (non-hydrogen) atoms. The molecule has 1 atom stereocenters. The van der Waals surface area contributed by atoms with Gasteiger partial charge in [0.25, 0.3) is 5.91 Å². The monoisotopic (exact) mass is 554 g/mol. The molecule has 1 aliphatic heterocycles. The molecule has 1 aliphatic rings. The Kier molecular flexibility index (Phi) is 7.83. The van der Waals surface area contributed by atoms with Crippen LogP contribution in [0.2, 0.25) is 0 Å². The zero-order valence-electron chi connectivity index (χ0n) is 21.7. The number of aliphatic carboxylic acids is 1. The summed E-state index contributed by atoms with van der Waals surface area (Å²) in [4.78, 5) is 29.3. The topological polar surface area (TPSA) is 78.8 Å². The van der Waals surface area contributed by atoms with Gasteiger partial charge in [0.2, 0.25) is 0 Å². The Bertz CT molecular complexity index is 1630. The lowest BCUT2D eigenvalue weighted by Gasteiger charge is -2.15. The summed E-state index contributed by atoms with van der Waals surface area (Å²) in [5, 5.41) is 12.4. The van der Waals surface area contributed by atoms with Gasteiger partial charge in [-0.3, -0.25) is 9.79 Å². The molecule has 0 unspecified atom stereocenters. The minimum Gasteiger partial charge on any atom is -0.480 e. The van der Waals surface area contributed by atoms with Crippen molar-refractivity contribution < 1.29 is 27.9 Å². The molecule has 1 heterocycles. The average molecular weight is 555 g/mol. The van der Waals surface area contributed by atoms with Crippen molar-refractivity contribution in [1.29, 1.82) is 0 Å². The summed E-state index contributed by atoms with van der Waals surface area (Å²) < 4.78 is 38.7. The highest BCUT2D eigenvalue weighted by molar-refractivity contribution is 5.99. The molecule has 4 aromatic rings. The Labute approximate surface area is 234 Å². The summed E-state index contributed by atoms with van der Waals surface area (Å²) in [6.07, 6.45) is -0.787. The van der Waals surface area contributed by atoms with Gasteiger partial charge in [-0.25, -0.2) is 4.79 Å². The van der Waals surface area contributed by atoms with Crippen LogP contribution < -0.4 is 5.32 Å². The molecular weight excluding hydrogens is 529 g/mol. The Morgan fingerprint density at radius 1 is 0.829 bits per heavy atom. The first kappa shape index (κ1) is 27.6. The lowest BCUT2D eigenvalue weighted by atomic mass is 9.97. The molecule has 0 saturated heterocycles. The normalized spacial score (nSPS) is 13.5.